The van der Waals surface area contributed by atoms with E-state index in [9.17, 15) is 4.79 Å². The Hall–Kier alpha value is -1.40. The van der Waals surface area contributed by atoms with Crippen LogP contribution >= 0.6 is 24.8 Å². The first kappa shape index (κ1) is 22.9. The van der Waals surface area contributed by atoms with E-state index < -0.39 is 0 Å². The van der Waals surface area contributed by atoms with Gasteiger partial charge in [0.1, 0.15) is 0 Å². The van der Waals surface area contributed by atoms with Crippen LogP contribution in [0, 0.1) is 5.92 Å². The smallest absolute Gasteiger partial charge is 0.222 e. The minimum atomic E-state index is 0. The summed E-state index contributed by atoms with van der Waals surface area (Å²) in [5, 5.41) is 1.19. The van der Waals surface area contributed by atoms with E-state index >= 15 is 0 Å². The molecule has 4 rings (SSSR count). The Morgan fingerprint density at radius 2 is 1.93 bits per heavy atom. The third-order valence-electron chi connectivity index (χ3n) is 5.87. The molecule has 0 unspecified atom stereocenters. The van der Waals surface area contributed by atoms with Crippen LogP contribution in [0.15, 0.2) is 36.4 Å². The molecule has 5 nitrogen and oxygen atoms in total. The van der Waals surface area contributed by atoms with Crippen LogP contribution in [0.25, 0.3) is 10.9 Å². The highest BCUT2D eigenvalue weighted by Crippen LogP contribution is 2.32. The monoisotopic (exact) mass is 424 g/mol. The van der Waals surface area contributed by atoms with Gasteiger partial charge in [0.2, 0.25) is 5.91 Å². The van der Waals surface area contributed by atoms with Crippen molar-refractivity contribution in [2.24, 2.45) is 11.7 Å². The Kier molecular flexibility index (Phi) is 8.50. The second-order valence-corrected chi connectivity index (χ2v) is 7.61. The maximum atomic E-state index is 12.3. The number of halogens is 2. The standard InChI is InChI=1S/C21H28N4O.2ClH/c22-11-3-12-25-20-10-13-24(14-17(20)7-9-21(25)26)15-18-8-6-16-4-1-2-5-19(16)23-18;;/h1-2,4-6,8,17,20H,3,7,9-15,22H2;2*1H/t17-,20+;;/m0../s1. The van der Waals surface area contributed by atoms with Crippen molar-refractivity contribution in [1.29, 1.82) is 0 Å². The molecule has 1 aromatic heterocycles. The Bertz CT molecular complexity index is 788. The van der Waals surface area contributed by atoms with E-state index in [-0.39, 0.29) is 24.8 Å². The number of carbonyl (C=O) groups excluding carboxylic acids is 1. The molecule has 1 amide bonds. The number of rotatable bonds is 5. The normalized spacial score (nSPS) is 22.3. The second-order valence-electron chi connectivity index (χ2n) is 7.61. The Morgan fingerprint density at radius 1 is 1.11 bits per heavy atom. The summed E-state index contributed by atoms with van der Waals surface area (Å²) in [4.78, 5) is 21.8. The Labute approximate surface area is 179 Å². The van der Waals surface area contributed by atoms with Crippen LogP contribution in [0.5, 0.6) is 0 Å². The number of aromatic nitrogens is 1. The number of likely N-dealkylation sites (tertiary alicyclic amines) is 2. The van der Waals surface area contributed by atoms with Crippen LogP contribution in [-0.4, -0.2) is 52.9 Å². The van der Waals surface area contributed by atoms with E-state index in [0.717, 1.165) is 56.7 Å². The van der Waals surface area contributed by atoms with Gasteiger partial charge in [-0.3, -0.25) is 14.7 Å². The lowest BCUT2D eigenvalue weighted by Crippen LogP contribution is -2.56. The molecule has 28 heavy (non-hydrogen) atoms. The first-order chi connectivity index (χ1) is 12.7. The number of amides is 1. The summed E-state index contributed by atoms with van der Waals surface area (Å²) in [5.74, 6) is 0.907. The highest BCUT2D eigenvalue weighted by molar-refractivity contribution is 5.85. The summed E-state index contributed by atoms with van der Waals surface area (Å²) < 4.78 is 0. The summed E-state index contributed by atoms with van der Waals surface area (Å²) in [6.07, 6.45) is 3.67. The second kappa shape index (κ2) is 10.4. The van der Waals surface area contributed by atoms with Crippen LogP contribution in [0.2, 0.25) is 0 Å². The van der Waals surface area contributed by atoms with E-state index in [1.54, 1.807) is 0 Å². The molecule has 2 fully saturated rings. The summed E-state index contributed by atoms with van der Waals surface area (Å²) in [6.45, 7) is 4.46. The largest absolute Gasteiger partial charge is 0.339 e. The minimum Gasteiger partial charge on any atom is -0.339 e. The molecule has 3 heterocycles. The summed E-state index contributed by atoms with van der Waals surface area (Å²) in [7, 11) is 0. The quantitative estimate of drug-likeness (QED) is 0.799. The van der Waals surface area contributed by atoms with Gasteiger partial charge < -0.3 is 10.6 Å². The van der Waals surface area contributed by atoms with Crippen LogP contribution in [0.4, 0.5) is 0 Å². The number of para-hydroxylation sites is 1. The number of carbonyl (C=O) groups is 1. The molecule has 1 aromatic carbocycles. The molecule has 154 valence electrons. The van der Waals surface area contributed by atoms with Crippen LogP contribution in [0.3, 0.4) is 0 Å². The van der Waals surface area contributed by atoms with Gasteiger partial charge >= 0.3 is 0 Å². The molecule has 0 aliphatic carbocycles. The molecule has 2 aromatic rings. The molecule has 2 atom stereocenters. The third-order valence-corrected chi connectivity index (χ3v) is 5.87. The fourth-order valence-electron chi connectivity index (χ4n) is 4.55. The lowest BCUT2D eigenvalue weighted by Gasteiger charge is -2.47. The number of hydrogen-bond acceptors (Lipinski definition) is 4. The van der Waals surface area contributed by atoms with Gasteiger partial charge in [-0.1, -0.05) is 24.3 Å². The molecule has 0 radical (unpaired) electrons. The fraction of sp³-hybridized carbons (Fsp3) is 0.524. The number of nitrogens with zero attached hydrogens (tertiary/aromatic N) is 3. The van der Waals surface area contributed by atoms with Crippen molar-refractivity contribution < 1.29 is 4.79 Å². The van der Waals surface area contributed by atoms with Crippen molar-refractivity contribution in [3.8, 4) is 0 Å². The summed E-state index contributed by atoms with van der Waals surface area (Å²) in [6, 6.07) is 13.0. The molecule has 0 saturated carbocycles. The Morgan fingerprint density at radius 3 is 2.75 bits per heavy atom. The predicted molar refractivity (Wildman–Crippen MR) is 118 cm³/mol. The molecule has 0 bridgehead atoms. The highest BCUT2D eigenvalue weighted by Gasteiger charge is 2.38. The third kappa shape index (κ3) is 4.95. The molecule has 2 N–H and O–H groups in total. The van der Waals surface area contributed by atoms with E-state index in [1.807, 2.05) is 6.07 Å². The predicted octanol–water partition coefficient (Wildman–Crippen LogP) is 3.24. The first-order valence-electron chi connectivity index (χ1n) is 9.81. The average molecular weight is 425 g/mol. The van der Waals surface area contributed by atoms with Gasteiger partial charge in [-0.25, -0.2) is 0 Å². The van der Waals surface area contributed by atoms with Gasteiger partial charge in [0, 0.05) is 44.0 Å². The van der Waals surface area contributed by atoms with Crippen LogP contribution in [-0.2, 0) is 11.3 Å². The zero-order valence-corrected chi connectivity index (χ0v) is 17.8. The molecule has 2 aliphatic heterocycles. The van der Waals surface area contributed by atoms with Crippen molar-refractivity contribution >= 4 is 41.6 Å². The summed E-state index contributed by atoms with van der Waals surface area (Å²) >= 11 is 0. The number of piperidine rings is 2. The first-order valence-corrected chi connectivity index (χ1v) is 9.81. The zero-order valence-electron chi connectivity index (χ0n) is 16.1. The topological polar surface area (TPSA) is 62.5 Å². The van der Waals surface area contributed by atoms with Crippen molar-refractivity contribution in [2.45, 2.75) is 38.3 Å². The van der Waals surface area contributed by atoms with Crippen molar-refractivity contribution in [1.82, 2.24) is 14.8 Å². The minimum absolute atomic E-state index is 0. The van der Waals surface area contributed by atoms with E-state index in [2.05, 4.69) is 40.1 Å². The Balaban J connectivity index is 0.00000140. The summed E-state index contributed by atoms with van der Waals surface area (Å²) in [5.41, 5.74) is 7.85. The van der Waals surface area contributed by atoms with Gasteiger partial charge in [-0.2, -0.15) is 0 Å². The zero-order chi connectivity index (χ0) is 17.9. The number of fused-ring (bicyclic) bond motifs is 2. The van der Waals surface area contributed by atoms with E-state index in [1.165, 1.54) is 5.39 Å². The van der Waals surface area contributed by atoms with Crippen LogP contribution < -0.4 is 5.73 Å². The van der Waals surface area contributed by atoms with Gasteiger partial charge in [0.05, 0.1) is 11.2 Å². The van der Waals surface area contributed by atoms with E-state index in [0.29, 0.717) is 30.8 Å². The molecule has 7 heteroatoms. The molecular weight excluding hydrogens is 395 g/mol. The number of benzene rings is 1. The molecule has 0 spiro atoms. The number of hydrogen-bond donors (Lipinski definition) is 1. The molecular formula is C21H30Cl2N4O. The van der Waals surface area contributed by atoms with E-state index in [4.69, 9.17) is 10.7 Å². The SMILES string of the molecule is Cl.Cl.NCCCN1C(=O)CC[C@H]2CN(Cc3ccc4ccccc4n3)CC[C@H]21. The van der Waals surface area contributed by atoms with Gasteiger partial charge in [-0.05, 0) is 43.9 Å². The van der Waals surface area contributed by atoms with Crippen molar-refractivity contribution in [2.75, 3.05) is 26.2 Å². The maximum absolute atomic E-state index is 12.3. The molecule has 2 aliphatic rings. The van der Waals surface area contributed by atoms with Gasteiger partial charge in [0.25, 0.3) is 0 Å². The number of pyridine rings is 1. The van der Waals surface area contributed by atoms with Gasteiger partial charge in [-0.15, -0.1) is 24.8 Å². The van der Waals surface area contributed by atoms with Crippen molar-refractivity contribution in [3.63, 3.8) is 0 Å². The lowest BCUT2D eigenvalue weighted by molar-refractivity contribution is -0.141. The lowest BCUT2D eigenvalue weighted by atomic mass is 9.83. The van der Waals surface area contributed by atoms with Crippen LogP contribution in [0.1, 0.15) is 31.4 Å². The fourth-order valence-corrected chi connectivity index (χ4v) is 4.55. The maximum Gasteiger partial charge on any atom is 0.222 e. The number of nitrogens with two attached hydrogens (primary N) is 1. The van der Waals surface area contributed by atoms with Gasteiger partial charge in [0.15, 0.2) is 0 Å². The molecule has 2 saturated heterocycles. The van der Waals surface area contributed by atoms with Crippen molar-refractivity contribution in [3.05, 3.63) is 42.1 Å². The average Bonchev–Trinajstić information content (AvgIpc) is 2.67. The highest BCUT2D eigenvalue weighted by atomic mass is 35.5.